The summed E-state index contributed by atoms with van der Waals surface area (Å²) >= 11 is 0. The van der Waals surface area contributed by atoms with Crippen molar-refractivity contribution in [3.8, 4) is 11.8 Å². The minimum atomic E-state index is -0.846. The average molecular weight is 252 g/mol. The van der Waals surface area contributed by atoms with Crippen LogP contribution in [-0.2, 0) is 9.59 Å². The third-order valence-electron chi connectivity index (χ3n) is 1.45. The molecule has 0 atom stereocenters. The van der Waals surface area contributed by atoms with Gasteiger partial charge in [-0.15, -0.1) is 0 Å². The standard InChI is InChI=1S/C8H4N4O6/c13-7(17-5-3-15-11-9-5)1-2-8(14)18-6-4-16-12-10-6/h1-4H/b2-1+. The summed E-state index contributed by atoms with van der Waals surface area (Å²) in [5.74, 6) is -1.95. The van der Waals surface area contributed by atoms with E-state index in [-0.39, 0.29) is 11.8 Å². The lowest BCUT2D eigenvalue weighted by atomic mass is 10.5. The Balaban J connectivity index is 1.83. The summed E-state index contributed by atoms with van der Waals surface area (Å²) in [7, 11) is 0. The van der Waals surface area contributed by atoms with Crippen molar-refractivity contribution in [3.05, 3.63) is 24.7 Å². The van der Waals surface area contributed by atoms with Crippen molar-refractivity contribution in [2.75, 3.05) is 0 Å². The van der Waals surface area contributed by atoms with Gasteiger partial charge in [-0.05, 0) is 0 Å². The molecule has 92 valence electrons. The Labute approximate surface area is 98.1 Å². The Bertz CT molecular complexity index is 496. The van der Waals surface area contributed by atoms with E-state index >= 15 is 0 Å². The zero-order valence-electron chi connectivity index (χ0n) is 8.55. The van der Waals surface area contributed by atoms with E-state index in [9.17, 15) is 9.59 Å². The topological polar surface area (TPSA) is 130 Å². The SMILES string of the molecule is O=C(/C=C/C(=O)Oc1conn1)Oc1conn1. The third kappa shape index (κ3) is 3.23. The fraction of sp³-hybridized carbons (Fsp3) is 0. The average Bonchev–Trinajstić information content (AvgIpc) is 2.99. The molecule has 2 rings (SSSR count). The van der Waals surface area contributed by atoms with Crippen LogP contribution in [0.15, 0.2) is 33.7 Å². The highest BCUT2D eigenvalue weighted by molar-refractivity contribution is 5.93. The monoisotopic (exact) mass is 252 g/mol. The Morgan fingerprint density at radius 3 is 1.72 bits per heavy atom. The van der Waals surface area contributed by atoms with Crippen LogP contribution in [0.25, 0.3) is 0 Å². The van der Waals surface area contributed by atoms with Crippen molar-refractivity contribution in [2.24, 2.45) is 0 Å². The molecule has 0 spiro atoms. The minimum absolute atomic E-state index is 0.126. The maximum Gasteiger partial charge on any atom is 0.337 e. The van der Waals surface area contributed by atoms with Crippen LogP contribution in [0.4, 0.5) is 0 Å². The smallest absolute Gasteiger partial charge is 0.337 e. The summed E-state index contributed by atoms with van der Waals surface area (Å²) in [5.41, 5.74) is 0. The van der Waals surface area contributed by atoms with Gasteiger partial charge in [0.2, 0.25) is 0 Å². The summed E-state index contributed by atoms with van der Waals surface area (Å²) < 4.78 is 17.8. The first-order valence-corrected chi connectivity index (χ1v) is 4.40. The lowest BCUT2D eigenvalue weighted by molar-refractivity contribution is -0.131. The van der Waals surface area contributed by atoms with Gasteiger partial charge in [-0.3, -0.25) is 0 Å². The summed E-state index contributed by atoms with van der Waals surface area (Å²) in [6, 6.07) is 0. The number of ether oxygens (including phenoxy) is 2. The largest absolute Gasteiger partial charge is 0.399 e. The molecule has 0 aliphatic carbocycles. The van der Waals surface area contributed by atoms with E-state index in [2.05, 4.69) is 39.3 Å². The first kappa shape index (κ1) is 11.4. The van der Waals surface area contributed by atoms with E-state index in [1.807, 2.05) is 0 Å². The van der Waals surface area contributed by atoms with E-state index in [1.54, 1.807) is 0 Å². The van der Waals surface area contributed by atoms with Gasteiger partial charge in [0.05, 0.1) is 0 Å². The van der Waals surface area contributed by atoms with Crippen molar-refractivity contribution in [3.63, 3.8) is 0 Å². The van der Waals surface area contributed by atoms with Crippen LogP contribution < -0.4 is 9.47 Å². The molecule has 0 bridgehead atoms. The molecule has 10 nitrogen and oxygen atoms in total. The van der Waals surface area contributed by atoms with Crippen molar-refractivity contribution in [1.29, 1.82) is 0 Å². The second kappa shape index (κ2) is 5.34. The molecule has 0 N–H and O–H groups in total. The van der Waals surface area contributed by atoms with E-state index in [0.29, 0.717) is 0 Å². The highest BCUT2D eigenvalue weighted by Gasteiger charge is 2.07. The van der Waals surface area contributed by atoms with Gasteiger partial charge in [0.25, 0.3) is 11.8 Å². The number of carbonyl (C=O) groups excluding carboxylic acids is 2. The van der Waals surface area contributed by atoms with Gasteiger partial charge in [0, 0.05) is 22.7 Å². The van der Waals surface area contributed by atoms with Gasteiger partial charge in [-0.25, -0.2) is 9.59 Å². The molecular weight excluding hydrogens is 248 g/mol. The van der Waals surface area contributed by atoms with Crippen LogP contribution in [0.3, 0.4) is 0 Å². The van der Waals surface area contributed by atoms with E-state index in [1.165, 1.54) is 0 Å². The quantitative estimate of drug-likeness (QED) is 0.519. The molecule has 0 unspecified atom stereocenters. The van der Waals surface area contributed by atoms with E-state index < -0.39 is 11.9 Å². The first-order valence-electron chi connectivity index (χ1n) is 4.40. The molecule has 0 aliphatic rings. The maximum absolute atomic E-state index is 11.1. The van der Waals surface area contributed by atoms with Crippen molar-refractivity contribution < 1.29 is 28.1 Å². The number of nitrogens with zero attached hydrogens (tertiary/aromatic N) is 4. The second-order valence-corrected chi connectivity index (χ2v) is 2.66. The third-order valence-corrected chi connectivity index (χ3v) is 1.45. The molecule has 2 aromatic heterocycles. The van der Waals surface area contributed by atoms with E-state index in [4.69, 9.17) is 0 Å². The number of hydrogen-bond donors (Lipinski definition) is 0. The number of esters is 2. The second-order valence-electron chi connectivity index (χ2n) is 2.66. The number of hydrogen-bond acceptors (Lipinski definition) is 10. The fourth-order valence-electron chi connectivity index (χ4n) is 0.811. The van der Waals surface area contributed by atoms with Gasteiger partial charge in [-0.2, -0.15) is 0 Å². The number of carbonyl (C=O) groups is 2. The molecule has 2 aromatic rings. The molecule has 2 heterocycles. The Kier molecular flexibility index (Phi) is 3.39. The number of rotatable bonds is 4. The summed E-state index contributed by atoms with van der Waals surface area (Å²) in [6.45, 7) is 0. The fourth-order valence-corrected chi connectivity index (χ4v) is 0.811. The molecule has 0 radical (unpaired) electrons. The first-order chi connectivity index (χ1) is 8.74. The molecule has 0 saturated heterocycles. The Hall–Kier alpha value is -3.04. The van der Waals surface area contributed by atoms with Crippen LogP contribution in [0.1, 0.15) is 0 Å². The van der Waals surface area contributed by atoms with Crippen LogP contribution in [0.5, 0.6) is 11.8 Å². The van der Waals surface area contributed by atoms with Crippen molar-refractivity contribution >= 4 is 11.9 Å². The molecule has 18 heavy (non-hydrogen) atoms. The van der Waals surface area contributed by atoms with Crippen LogP contribution in [-0.4, -0.2) is 32.7 Å². The summed E-state index contributed by atoms with van der Waals surface area (Å²) in [4.78, 5) is 22.3. The van der Waals surface area contributed by atoms with Crippen LogP contribution >= 0.6 is 0 Å². The Morgan fingerprint density at radius 2 is 1.39 bits per heavy atom. The van der Waals surface area contributed by atoms with Crippen molar-refractivity contribution in [2.45, 2.75) is 0 Å². The van der Waals surface area contributed by atoms with Crippen LogP contribution in [0.2, 0.25) is 0 Å². The van der Waals surface area contributed by atoms with Crippen LogP contribution in [0, 0.1) is 0 Å². The summed E-state index contributed by atoms with van der Waals surface area (Å²) in [5, 5.41) is 12.8. The minimum Gasteiger partial charge on any atom is -0.399 e. The maximum atomic E-state index is 11.1. The normalized spacial score (nSPS) is 10.4. The molecule has 0 saturated carbocycles. The predicted molar refractivity (Wildman–Crippen MR) is 49.0 cm³/mol. The lowest BCUT2D eigenvalue weighted by Gasteiger charge is -1.93. The molecule has 0 aromatic carbocycles. The highest BCUT2D eigenvalue weighted by atomic mass is 16.6. The zero-order chi connectivity index (χ0) is 12.8. The van der Waals surface area contributed by atoms with Gasteiger partial charge in [-0.1, -0.05) is 10.2 Å². The number of aromatic nitrogens is 4. The molecule has 0 aliphatic heterocycles. The lowest BCUT2D eigenvalue weighted by Crippen LogP contribution is -2.08. The highest BCUT2D eigenvalue weighted by Crippen LogP contribution is 2.04. The van der Waals surface area contributed by atoms with Gasteiger partial charge in [0.15, 0.2) is 12.5 Å². The molecular formula is C8H4N4O6. The molecule has 10 heteroatoms. The van der Waals surface area contributed by atoms with Gasteiger partial charge < -0.3 is 18.5 Å². The van der Waals surface area contributed by atoms with Crippen molar-refractivity contribution in [1.82, 2.24) is 20.7 Å². The Morgan fingerprint density at radius 1 is 0.944 bits per heavy atom. The van der Waals surface area contributed by atoms with Gasteiger partial charge in [0.1, 0.15) is 0 Å². The zero-order valence-corrected chi connectivity index (χ0v) is 8.55. The van der Waals surface area contributed by atoms with Gasteiger partial charge >= 0.3 is 11.9 Å². The summed E-state index contributed by atoms with van der Waals surface area (Å²) in [6.07, 6.45) is 3.71. The molecule has 0 fully saturated rings. The molecule has 0 amide bonds. The van der Waals surface area contributed by atoms with E-state index in [0.717, 1.165) is 24.7 Å². The predicted octanol–water partition coefficient (Wildman–Crippen LogP) is -0.480.